The summed E-state index contributed by atoms with van der Waals surface area (Å²) >= 11 is 0. The number of likely N-dealkylation sites (N-methyl/N-ethyl adjacent to an activating group) is 1. The molecule has 0 radical (unpaired) electrons. The number of aryl methyl sites for hydroxylation is 1. The molecular formula is C13H20F3N3O2. The summed E-state index contributed by atoms with van der Waals surface area (Å²) in [5.41, 5.74) is -1.75. The third kappa shape index (κ3) is 4.73. The van der Waals surface area contributed by atoms with E-state index < -0.39 is 23.2 Å². The zero-order valence-electron chi connectivity index (χ0n) is 12.3. The molecule has 0 aromatic carbocycles. The summed E-state index contributed by atoms with van der Waals surface area (Å²) in [5.74, 6) is -0.421. The van der Waals surface area contributed by atoms with Crippen molar-refractivity contribution in [3.8, 4) is 0 Å². The van der Waals surface area contributed by atoms with Gasteiger partial charge in [0.05, 0.1) is 18.4 Å². The van der Waals surface area contributed by atoms with Crippen LogP contribution in [0.4, 0.5) is 13.2 Å². The average molecular weight is 307 g/mol. The van der Waals surface area contributed by atoms with E-state index in [1.165, 1.54) is 4.68 Å². The Hall–Kier alpha value is -1.57. The third-order valence-electron chi connectivity index (χ3n) is 3.09. The summed E-state index contributed by atoms with van der Waals surface area (Å²) in [7, 11) is 0. The highest BCUT2D eigenvalue weighted by Gasteiger charge is 2.35. The summed E-state index contributed by atoms with van der Waals surface area (Å²) in [6.07, 6.45) is -2.44. The number of nitrogens with zero attached hydrogens (tertiary/aromatic N) is 2. The van der Waals surface area contributed by atoms with E-state index in [9.17, 15) is 18.0 Å². The molecule has 0 saturated heterocycles. The Labute approximate surface area is 121 Å². The fourth-order valence-electron chi connectivity index (χ4n) is 1.91. The zero-order valence-corrected chi connectivity index (χ0v) is 12.3. The van der Waals surface area contributed by atoms with Crippen LogP contribution in [0, 0.1) is 0 Å². The minimum atomic E-state index is -4.41. The van der Waals surface area contributed by atoms with Crippen LogP contribution in [0.3, 0.4) is 0 Å². The normalized spacial score (nSPS) is 14.8. The fraction of sp³-hybridized carbons (Fsp3) is 0.692. The van der Waals surface area contributed by atoms with E-state index in [2.05, 4.69) is 10.4 Å². The lowest BCUT2D eigenvalue weighted by Gasteiger charge is -2.28. The SMILES string of the molecule is CCNC(C)(CCn1cc(C(F)(F)F)cn1)C(=O)OCC. The van der Waals surface area contributed by atoms with Gasteiger partial charge in [-0.25, -0.2) is 0 Å². The molecule has 0 spiro atoms. The number of aromatic nitrogens is 2. The first-order chi connectivity index (χ1) is 9.73. The first kappa shape index (κ1) is 17.5. The van der Waals surface area contributed by atoms with Crippen LogP contribution < -0.4 is 5.32 Å². The van der Waals surface area contributed by atoms with Crippen molar-refractivity contribution in [2.75, 3.05) is 13.2 Å². The molecule has 0 bridgehead atoms. The van der Waals surface area contributed by atoms with Gasteiger partial charge in [0, 0.05) is 12.7 Å². The van der Waals surface area contributed by atoms with Crippen molar-refractivity contribution in [3.63, 3.8) is 0 Å². The predicted molar refractivity (Wildman–Crippen MR) is 70.6 cm³/mol. The number of carbonyl (C=O) groups is 1. The number of nitrogens with one attached hydrogen (secondary N) is 1. The largest absolute Gasteiger partial charge is 0.465 e. The number of esters is 1. The van der Waals surface area contributed by atoms with Gasteiger partial charge in [0.1, 0.15) is 5.54 Å². The van der Waals surface area contributed by atoms with Gasteiger partial charge in [0.15, 0.2) is 0 Å². The Bertz CT molecular complexity index is 473. The molecule has 1 aromatic heterocycles. The van der Waals surface area contributed by atoms with Crippen molar-refractivity contribution in [1.82, 2.24) is 15.1 Å². The summed E-state index contributed by atoms with van der Waals surface area (Å²) < 4.78 is 43.6. The number of hydrogen-bond acceptors (Lipinski definition) is 4. The molecule has 0 aliphatic heterocycles. The Balaban J connectivity index is 2.73. The zero-order chi connectivity index (χ0) is 16.1. The molecule has 1 atom stereocenters. The summed E-state index contributed by atoms with van der Waals surface area (Å²) in [6, 6.07) is 0. The van der Waals surface area contributed by atoms with E-state index in [4.69, 9.17) is 4.74 Å². The molecular weight excluding hydrogens is 287 g/mol. The van der Waals surface area contributed by atoms with Crippen LogP contribution in [-0.4, -0.2) is 34.4 Å². The maximum absolute atomic E-state index is 12.5. The predicted octanol–water partition coefficient (Wildman–Crippen LogP) is 2.22. The second-order valence-corrected chi connectivity index (χ2v) is 4.82. The molecule has 0 aliphatic carbocycles. The number of ether oxygens (including phenoxy) is 1. The van der Waals surface area contributed by atoms with Gasteiger partial charge >= 0.3 is 12.1 Å². The molecule has 0 fully saturated rings. The Morgan fingerprint density at radius 1 is 1.43 bits per heavy atom. The van der Waals surface area contributed by atoms with Gasteiger partial charge in [-0.1, -0.05) is 6.92 Å². The molecule has 1 unspecified atom stereocenters. The Morgan fingerprint density at radius 3 is 2.57 bits per heavy atom. The quantitative estimate of drug-likeness (QED) is 0.785. The van der Waals surface area contributed by atoms with Crippen LogP contribution in [0.2, 0.25) is 0 Å². The van der Waals surface area contributed by atoms with E-state index in [1.807, 2.05) is 6.92 Å². The second kappa shape index (κ2) is 6.93. The van der Waals surface area contributed by atoms with Crippen LogP contribution in [0.5, 0.6) is 0 Å². The lowest BCUT2D eigenvalue weighted by molar-refractivity contribution is -0.151. The van der Waals surface area contributed by atoms with Crippen molar-refractivity contribution in [1.29, 1.82) is 0 Å². The van der Waals surface area contributed by atoms with E-state index in [0.717, 1.165) is 12.4 Å². The minimum absolute atomic E-state index is 0.179. The maximum atomic E-state index is 12.5. The van der Waals surface area contributed by atoms with Crippen LogP contribution >= 0.6 is 0 Å². The van der Waals surface area contributed by atoms with Crippen LogP contribution in [-0.2, 0) is 22.3 Å². The molecule has 0 amide bonds. The minimum Gasteiger partial charge on any atom is -0.465 e. The van der Waals surface area contributed by atoms with E-state index in [0.29, 0.717) is 6.54 Å². The van der Waals surface area contributed by atoms with E-state index in [-0.39, 0.29) is 19.6 Å². The number of hydrogen-bond donors (Lipinski definition) is 1. The molecule has 21 heavy (non-hydrogen) atoms. The van der Waals surface area contributed by atoms with Gasteiger partial charge in [-0.05, 0) is 26.8 Å². The third-order valence-corrected chi connectivity index (χ3v) is 3.09. The molecule has 5 nitrogen and oxygen atoms in total. The number of alkyl halides is 3. The van der Waals surface area contributed by atoms with Gasteiger partial charge in [-0.3, -0.25) is 9.48 Å². The number of halogens is 3. The number of rotatable bonds is 7. The summed E-state index contributed by atoms with van der Waals surface area (Å²) in [6.45, 7) is 6.18. The molecule has 1 rings (SSSR count). The monoisotopic (exact) mass is 307 g/mol. The number of carbonyl (C=O) groups excluding carboxylic acids is 1. The smallest absolute Gasteiger partial charge is 0.419 e. The lowest BCUT2D eigenvalue weighted by atomic mass is 9.98. The molecule has 1 heterocycles. The highest BCUT2D eigenvalue weighted by Crippen LogP contribution is 2.28. The molecule has 1 aromatic rings. The van der Waals surface area contributed by atoms with Crippen molar-refractivity contribution in [3.05, 3.63) is 18.0 Å². The Morgan fingerprint density at radius 2 is 2.10 bits per heavy atom. The highest BCUT2D eigenvalue weighted by molar-refractivity contribution is 5.80. The summed E-state index contributed by atoms with van der Waals surface area (Å²) in [4.78, 5) is 11.9. The van der Waals surface area contributed by atoms with Gasteiger partial charge in [-0.2, -0.15) is 18.3 Å². The Kier molecular flexibility index (Phi) is 5.77. The standard InChI is InChI=1S/C13H20F3N3O2/c1-4-17-12(3,11(20)21-5-2)6-7-19-9-10(8-18-19)13(14,15)16/h8-9,17H,4-7H2,1-3H3. The average Bonchev–Trinajstić information content (AvgIpc) is 2.86. The first-order valence-corrected chi connectivity index (χ1v) is 6.75. The van der Waals surface area contributed by atoms with Crippen LogP contribution in [0.15, 0.2) is 12.4 Å². The van der Waals surface area contributed by atoms with Gasteiger partial charge in [-0.15, -0.1) is 0 Å². The van der Waals surface area contributed by atoms with Crippen molar-refractivity contribution < 1.29 is 22.7 Å². The van der Waals surface area contributed by atoms with Crippen molar-refractivity contribution >= 4 is 5.97 Å². The second-order valence-electron chi connectivity index (χ2n) is 4.82. The van der Waals surface area contributed by atoms with Gasteiger partial charge < -0.3 is 10.1 Å². The molecule has 1 N–H and O–H groups in total. The van der Waals surface area contributed by atoms with Crippen molar-refractivity contribution in [2.24, 2.45) is 0 Å². The van der Waals surface area contributed by atoms with E-state index in [1.54, 1.807) is 13.8 Å². The van der Waals surface area contributed by atoms with Gasteiger partial charge in [0.25, 0.3) is 0 Å². The topological polar surface area (TPSA) is 56.2 Å². The highest BCUT2D eigenvalue weighted by atomic mass is 19.4. The fourth-order valence-corrected chi connectivity index (χ4v) is 1.91. The first-order valence-electron chi connectivity index (χ1n) is 6.75. The molecule has 8 heteroatoms. The van der Waals surface area contributed by atoms with E-state index >= 15 is 0 Å². The van der Waals surface area contributed by atoms with Gasteiger partial charge in [0.2, 0.25) is 0 Å². The van der Waals surface area contributed by atoms with Crippen LogP contribution in [0.25, 0.3) is 0 Å². The maximum Gasteiger partial charge on any atom is 0.419 e. The molecule has 0 aliphatic rings. The summed E-state index contributed by atoms with van der Waals surface area (Å²) in [5, 5.41) is 6.68. The van der Waals surface area contributed by atoms with Crippen LogP contribution in [0.1, 0.15) is 32.8 Å². The molecule has 0 saturated carbocycles. The molecule has 120 valence electrons. The lowest BCUT2D eigenvalue weighted by Crippen LogP contribution is -2.51. The van der Waals surface area contributed by atoms with Crippen molar-refractivity contribution in [2.45, 2.75) is 45.5 Å².